The van der Waals surface area contributed by atoms with Crippen LogP contribution in [0, 0.1) is 0 Å². The minimum absolute atomic E-state index is 0.0187. The normalized spacial score (nSPS) is 14.9. The van der Waals surface area contributed by atoms with Crippen LogP contribution in [0.3, 0.4) is 0 Å². The van der Waals surface area contributed by atoms with Crippen LogP contribution in [0.25, 0.3) is 23.0 Å². The molecule has 2 aromatic carbocycles. The van der Waals surface area contributed by atoms with Gasteiger partial charge >= 0.3 is 0 Å². The van der Waals surface area contributed by atoms with E-state index in [1.54, 1.807) is 12.1 Å². The first kappa shape index (κ1) is 22.1. The van der Waals surface area contributed by atoms with Crippen LogP contribution in [0.5, 0.6) is 0 Å². The number of nitrogens with zero attached hydrogens (tertiary/aromatic N) is 4. The van der Waals surface area contributed by atoms with Gasteiger partial charge in [-0.15, -0.1) is 10.2 Å². The van der Waals surface area contributed by atoms with E-state index in [1.807, 2.05) is 42.5 Å². The van der Waals surface area contributed by atoms with Crippen LogP contribution < -0.4 is 4.90 Å². The Morgan fingerprint density at radius 2 is 1.62 bits per heavy atom. The first-order valence-corrected chi connectivity index (χ1v) is 12.3. The number of ketones is 1. The number of nitrogens with one attached hydrogen (secondary N) is 1. The van der Waals surface area contributed by atoms with Crippen molar-refractivity contribution in [1.29, 1.82) is 0 Å². The van der Waals surface area contributed by atoms with Gasteiger partial charge < -0.3 is 14.3 Å². The first-order chi connectivity index (χ1) is 16.4. The number of hydrogen-bond donors (Lipinski definition) is 1. The fourth-order valence-electron chi connectivity index (χ4n) is 3.92. The van der Waals surface area contributed by atoms with Gasteiger partial charge in [0.15, 0.2) is 5.78 Å². The van der Waals surface area contributed by atoms with E-state index in [-0.39, 0.29) is 16.6 Å². The molecule has 5 rings (SSSR count). The van der Waals surface area contributed by atoms with Gasteiger partial charge in [-0.3, -0.25) is 4.79 Å². The molecule has 0 atom stereocenters. The van der Waals surface area contributed by atoms with Crippen molar-refractivity contribution < 1.29 is 17.6 Å². The summed E-state index contributed by atoms with van der Waals surface area (Å²) in [6.45, 7) is 3.36. The second-order valence-corrected chi connectivity index (χ2v) is 9.96. The quantitative estimate of drug-likeness (QED) is 0.423. The van der Waals surface area contributed by atoms with Crippen molar-refractivity contribution in [2.45, 2.75) is 11.8 Å². The standard InChI is InChI=1S/C24H23N5O4S/c1-17(30)18-7-9-20(10-8-18)28-11-13-29(14-12-28)34(31,32)21-15-22(25-16-21)24-27-26-23(33-24)19-5-3-2-4-6-19/h2-10,15-16,25H,11-14H2,1H3. The predicted molar refractivity (Wildman–Crippen MR) is 127 cm³/mol. The molecule has 0 unspecified atom stereocenters. The molecule has 0 radical (unpaired) electrons. The van der Waals surface area contributed by atoms with Gasteiger partial charge in [0.05, 0.1) is 0 Å². The maximum absolute atomic E-state index is 13.2. The predicted octanol–water partition coefficient (Wildman–Crippen LogP) is 3.45. The number of carbonyl (C=O) groups is 1. The highest BCUT2D eigenvalue weighted by Crippen LogP contribution is 2.27. The Bertz CT molecular complexity index is 1400. The molecule has 0 saturated carbocycles. The van der Waals surface area contributed by atoms with Crippen LogP contribution in [0.1, 0.15) is 17.3 Å². The SMILES string of the molecule is CC(=O)c1ccc(N2CCN(S(=O)(=O)c3c[nH]c(-c4nnc(-c5ccccc5)o4)c3)CC2)cc1. The molecule has 2 aromatic heterocycles. The van der Waals surface area contributed by atoms with E-state index in [0.29, 0.717) is 43.3 Å². The lowest BCUT2D eigenvalue weighted by Crippen LogP contribution is -2.48. The number of benzene rings is 2. The topological polar surface area (TPSA) is 112 Å². The Labute approximate surface area is 197 Å². The summed E-state index contributed by atoms with van der Waals surface area (Å²) in [5.74, 6) is 0.603. The third-order valence-corrected chi connectivity index (χ3v) is 7.72. The van der Waals surface area contributed by atoms with Crippen LogP contribution in [0.2, 0.25) is 0 Å². The highest BCUT2D eigenvalue weighted by Gasteiger charge is 2.30. The summed E-state index contributed by atoms with van der Waals surface area (Å²) >= 11 is 0. The molecule has 3 heterocycles. The number of carbonyl (C=O) groups excluding carboxylic acids is 1. The monoisotopic (exact) mass is 477 g/mol. The molecule has 34 heavy (non-hydrogen) atoms. The van der Waals surface area contributed by atoms with Crippen molar-refractivity contribution in [3.63, 3.8) is 0 Å². The molecule has 1 fully saturated rings. The van der Waals surface area contributed by atoms with E-state index in [9.17, 15) is 13.2 Å². The van der Waals surface area contributed by atoms with Crippen molar-refractivity contribution in [1.82, 2.24) is 19.5 Å². The summed E-state index contributed by atoms with van der Waals surface area (Å²) in [6, 6.07) is 18.3. The van der Waals surface area contributed by atoms with Crippen molar-refractivity contribution in [2.75, 3.05) is 31.1 Å². The number of piperazine rings is 1. The third-order valence-electron chi connectivity index (χ3n) is 5.85. The van der Waals surface area contributed by atoms with E-state index >= 15 is 0 Å². The first-order valence-electron chi connectivity index (χ1n) is 10.9. The highest BCUT2D eigenvalue weighted by molar-refractivity contribution is 7.89. The number of aromatic nitrogens is 3. The third kappa shape index (κ3) is 4.25. The Morgan fingerprint density at radius 1 is 0.941 bits per heavy atom. The molecular formula is C24H23N5O4S. The second-order valence-electron chi connectivity index (χ2n) is 8.02. The van der Waals surface area contributed by atoms with E-state index in [0.717, 1.165) is 11.3 Å². The van der Waals surface area contributed by atoms with Crippen molar-refractivity contribution in [3.05, 3.63) is 72.4 Å². The van der Waals surface area contributed by atoms with Crippen molar-refractivity contribution >= 4 is 21.5 Å². The zero-order chi connectivity index (χ0) is 23.7. The molecule has 1 N–H and O–H groups in total. The fourth-order valence-corrected chi connectivity index (χ4v) is 5.34. The van der Waals surface area contributed by atoms with Gasteiger partial charge in [0.2, 0.25) is 15.9 Å². The molecule has 1 saturated heterocycles. The summed E-state index contributed by atoms with van der Waals surface area (Å²) in [7, 11) is -3.68. The lowest BCUT2D eigenvalue weighted by atomic mass is 10.1. The van der Waals surface area contributed by atoms with Gasteiger partial charge in [0, 0.05) is 49.2 Å². The molecule has 10 heteroatoms. The molecule has 0 bridgehead atoms. The largest absolute Gasteiger partial charge is 0.415 e. The minimum Gasteiger partial charge on any atom is -0.415 e. The number of sulfonamides is 1. The summed E-state index contributed by atoms with van der Waals surface area (Å²) in [5.41, 5.74) is 2.86. The minimum atomic E-state index is -3.68. The van der Waals surface area contributed by atoms with E-state index in [1.165, 1.54) is 23.5 Å². The second kappa shape index (κ2) is 8.88. The summed E-state index contributed by atoms with van der Waals surface area (Å²) in [4.78, 5) is 16.7. The van der Waals surface area contributed by atoms with Crippen LogP contribution in [-0.2, 0) is 10.0 Å². The molecule has 174 valence electrons. The lowest BCUT2D eigenvalue weighted by molar-refractivity contribution is 0.101. The van der Waals surface area contributed by atoms with Gasteiger partial charge in [-0.1, -0.05) is 18.2 Å². The lowest BCUT2D eigenvalue weighted by Gasteiger charge is -2.35. The van der Waals surface area contributed by atoms with Gasteiger partial charge in [-0.2, -0.15) is 4.31 Å². The maximum atomic E-state index is 13.2. The zero-order valence-electron chi connectivity index (χ0n) is 18.5. The Kier molecular flexibility index (Phi) is 5.76. The van der Waals surface area contributed by atoms with Crippen molar-refractivity contribution in [2.24, 2.45) is 0 Å². The molecular weight excluding hydrogens is 454 g/mol. The zero-order valence-corrected chi connectivity index (χ0v) is 19.3. The molecule has 0 spiro atoms. The molecule has 0 amide bonds. The van der Waals surface area contributed by atoms with E-state index < -0.39 is 10.0 Å². The van der Waals surface area contributed by atoms with Gasteiger partial charge in [0.25, 0.3) is 5.89 Å². The number of hydrogen-bond acceptors (Lipinski definition) is 7. The van der Waals surface area contributed by atoms with E-state index in [4.69, 9.17) is 4.42 Å². The smallest absolute Gasteiger partial charge is 0.264 e. The Balaban J connectivity index is 1.27. The van der Waals surface area contributed by atoms with Crippen LogP contribution in [0.15, 0.2) is 76.2 Å². The number of Topliss-reactive ketones (excluding diaryl/α,β-unsaturated/α-hetero) is 1. The number of H-pyrrole nitrogens is 1. The van der Waals surface area contributed by atoms with Crippen LogP contribution >= 0.6 is 0 Å². The summed E-state index contributed by atoms with van der Waals surface area (Å²) in [6.07, 6.45) is 1.45. The maximum Gasteiger partial charge on any atom is 0.264 e. The average molecular weight is 478 g/mol. The van der Waals surface area contributed by atoms with E-state index in [2.05, 4.69) is 20.1 Å². The Morgan fingerprint density at radius 3 is 2.29 bits per heavy atom. The fraction of sp³-hybridized carbons (Fsp3) is 0.208. The van der Waals surface area contributed by atoms with Crippen molar-refractivity contribution in [3.8, 4) is 23.0 Å². The van der Waals surface area contributed by atoms with Gasteiger partial charge in [0.1, 0.15) is 10.6 Å². The van der Waals surface area contributed by atoms with Gasteiger partial charge in [-0.05, 0) is 49.4 Å². The van der Waals surface area contributed by atoms with Crippen LogP contribution in [-0.4, -0.2) is 59.9 Å². The average Bonchev–Trinajstić information content (AvgIpc) is 3.55. The molecule has 1 aliphatic rings. The molecule has 0 aliphatic carbocycles. The molecule has 1 aliphatic heterocycles. The Hall–Kier alpha value is -3.76. The number of aromatic amines is 1. The summed E-state index contributed by atoms with van der Waals surface area (Å²) < 4.78 is 33.6. The number of rotatable bonds is 6. The molecule has 9 nitrogen and oxygen atoms in total. The number of anilines is 1. The highest BCUT2D eigenvalue weighted by atomic mass is 32.2. The molecule has 4 aromatic rings. The summed E-state index contributed by atoms with van der Waals surface area (Å²) in [5, 5.41) is 8.10. The van der Waals surface area contributed by atoms with Crippen LogP contribution in [0.4, 0.5) is 5.69 Å². The van der Waals surface area contributed by atoms with Gasteiger partial charge in [-0.25, -0.2) is 8.42 Å².